The van der Waals surface area contributed by atoms with E-state index in [2.05, 4.69) is 0 Å². The monoisotopic (exact) mass is 368 g/mol. The maximum absolute atomic E-state index is 11.0. The summed E-state index contributed by atoms with van der Waals surface area (Å²) in [6.07, 6.45) is -3.16. The van der Waals surface area contributed by atoms with Gasteiger partial charge in [-0.3, -0.25) is 0 Å². The molecule has 0 spiro atoms. The third-order valence-electron chi connectivity index (χ3n) is 4.59. The molecular formula is C22H21ClO3. The molecule has 0 aliphatic rings. The standard InChI is InChI=1S/C22H21ClO3/c23-18-13-11-17(12-14-18)22(26)19(20(24)15-7-3-1-4-8-15)21(25)16-9-5-2-6-10-16/h1-14,19-22,24-26H/t20-,21-,22-/m1/s1. The Morgan fingerprint density at radius 1 is 0.500 bits per heavy atom. The molecule has 3 aromatic carbocycles. The zero-order valence-corrected chi connectivity index (χ0v) is 14.9. The van der Waals surface area contributed by atoms with Crippen LogP contribution in [0.1, 0.15) is 35.0 Å². The number of aliphatic hydroxyl groups is 3. The van der Waals surface area contributed by atoms with Crippen LogP contribution in [0.2, 0.25) is 5.02 Å². The van der Waals surface area contributed by atoms with Gasteiger partial charge >= 0.3 is 0 Å². The Labute approximate surface area is 158 Å². The Balaban J connectivity index is 1.99. The Bertz CT molecular complexity index is 760. The minimum atomic E-state index is -1.07. The van der Waals surface area contributed by atoms with Gasteiger partial charge in [-0.25, -0.2) is 0 Å². The van der Waals surface area contributed by atoms with Gasteiger partial charge < -0.3 is 15.3 Å². The van der Waals surface area contributed by atoms with Crippen molar-refractivity contribution in [3.63, 3.8) is 0 Å². The number of hydrogen-bond donors (Lipinski definition) is 3. The highest BCUT2D eigenvalue weighted by Gasteiger charge is 2.36. The molecule has 0 bridgehead atoms. The maximum atomic E-state index is 11.0. The smallest absolute Gasteiger partial charge is 0.0874 e. The van der Waals surface area contributed by atoms with Crippen molar-refractivity contribution in [1.29, 1.82) is 0 Å². The van der Waals surface area contributed by atoms with E-state index in [0.29, 0.717) is 21.7 Å². The van der Waals surface area contributed by atoms with Gasteiger partial charge in [-0.2, -0.15) is 0 Å². The van der Waals surface area contributed by atoms with E-state index >= 15 is 0 Å². The molecule has 0 unspecified atom stereocenters. The number of benzene rings is 3. The van der Waals surface area contributed by atoms with Gasteiger partial charge in [0.25, 0.3) is 0 Å². The number of aliphatic hydroxyl groups excluding tert-OH is 3. The van der Waals surface area contributed by atoms with Crippen LogP contribution in [0.25, 0.3) is 0 Å². The second-order valence-electron chi connectivity index (χ2n) is 6.28. The lowest BCUT2D eigenvalue weighted by molar-refractivity contribution is -0.0621. The van der Waals surface area contributed by atoms with E-state index in [1.165, 1.54) is 0 Å². The van der Waals surface area contributed by atoms with Crippen molar-refractivity contribution in [3.05, 3.63) is 107 Å². The fraction of sp³-hybridized carbons (Fsp3) is 0.182. The van der Waals surface area contributed by atoms with Crippen molar-refractivity contribution in [2.24, 2.45) is 5.92 Å². The summed E-state index contributed by atoms with van der Waals surface area (Å²) in [5.74, 6) is -0.846. The van der Waals surface area contributed by atoms with E-state index in [1.54, 1.807) is 48.5 Å². The molecular weight excluding hydrogens is 348 g/mol. The molecule has 26 heavy (non-hydrogen) atoms. The molecule has 0 aliphatic heterocycles. The summed E-state index contributed by atoms with van der Waals surface area (Å²) in [6, 6.07) is 24.9. The molecule has 0 saturated heterocycles. The summed E-state index contributed by atoms with van der Waals surface area (Å²) >= 11 is 5.93. The number of rotatable bonds is 6. The quantitative estimate of drug-likeness (QED) is 0.602. The van der Waals surface area contributed by atoms with Crippen LogP contribution in [0.3, 0.4) is 0 Å². The summed E-state index contributed by atoms with van der Waals surface area (Å²) < 4.78 is 0. The van der Waals surface area contributed by atoms with Gasteiger partial charge in [0, 0.05) is 10.9 Å². The molecule has 0 amide bonds. The van der Waals surface area contributed by atoms with E-state index in [9.17, 15) is 15.3 Å². The molecule has 134 valence electrons. The summed E-state index contributed by atoms with van der Waals surface area (Å²) in [5, 5.41) is 33.4. The Hall–Kier alpha value is -2.17. The first-order valence-corrected chi connectivity index (χ1v) is 8.85. The van der Waals surface area contributed by atoms with Crippen LogP contribution >= 0.6 is 11.6 Å². The maximum Gasteiger partial charge on any atom is 0.0874 e. The highest BCUT2D eigenvalue weighted by molar-refractivity contribution is 6.30. The predicted octanol–water partition coefficient (Wildman–Crippen LogP) is 4.46. The van der Waals surface area contributed by atoms with Crippen LogP contribution in [0.15, 0.2) is 84.9 Å². The first-order chi connectivity index (χ1) is 12.6. The third-order valence-corrected chi connectivity index (χ3v) is 4.84. The minimum absolute atomic E-state index is 0.560. The Kier molecular flexibility index (Phi) is 6.07. The van der Waals surface area contributed by atoms with E-state index < -0.39 is 24.2 Å². The molecule has 0 aliphatic carbocycles. The lowest BCUT2D eigenvalue weighted by Crippen LogP contribution is -2.27. The highest BCUT2D eigenvalue weighted by atomic mass is 35.5. The van der Waals surface area contributed by atoms with E-state index in [-0.39, 0.29) is 0 Å². The summed E-state index contributed by atoms with van der Waals surface area (Å²) in [6.45, 7) is 0. The summed E-state index contributed by atoms with van der Waals surface area (Å²) in [4.78, 5) is 0. The second-order valence-corrected chi connectivity index (χ2v) is 6.72. The Morgan fingerprint density at radius 2 is 0.846 bits per heavy atom. The zero-order chi connectivity index (χ0) is 18.5. The molecule has 0 radical (unpaired) electrons. The third kappa shape index (κ3) is 4.14. The van der Waals surface area contributed by atoms with Crippen molar-refractivity contribution in [3.8, 4) is 0 Å². The highest BCUT2D eigenvalue weighted by Crippen LogP contribution is 2.41. The van der Waals surface area contributed by atoms with Gasteiger partial charge in [0.05, 0.1) is 18.3 Å². The molecule has 0 fully saturated rings. The van der Waals surface area contributed by atoms with Crippen molar-refractivity contribution >= 4 is 11.6 Å². The van der Waals surface area contributed by atoms with Crippen molar-refractivity contribution < 1.29 is 15.3 Å². The first-order valence-electron chi connectivity index (χ1n) is 8.47. The topological polar surface area (TPSA) is 60.7 Å². The lowest BCUT2D eigenvalue weighted by Gasteiger charge is -2.32. The fourth-order valence-electron chi connectivity index (χ4n) is 3.15. The van der Waals surface area contributed by atoms with Crippen molar-refractivity contribution in [2.75, 3.05) is 0 Å². The predicted molar refractivity (Wildman–Crippen MR) is 103 cm³/mol. The second kappa shape index (κ2) is 8.47. The summed E-state index contributed by atoms with van der Waals surface area (Å²) in [7, 11) is 0. The van der Waals surface area contributed by atoms with Gasteiger partial charge in [-0.15, -0.1) is 0 Å². The van der Waals surface area contributed by atoms with Gasteiger partial charge in [0.2, 0.25) is 0 Å². The average Bonchev–Trinajstić information content (AvgIpc) is 2.69. The molecule has 4 heteroatoms. The largest absolute Gasteiger partial charge is 0.388 e. The normalized spacial score (nSPS) is 14.8. The van der Waals surface area contributed by atoms with Crippen molar-refractivity contribution in [2.45, 2.75) is 18.3 Å². The van der Waals surface area contributed by atoms with Crippen LogP contribution < -0.4 is 0 Å². The van der Waals surface area contributed by atoms with Crippen LogP contribution in [-0.2, 0) is 0 Å². The van der Waals surface area contributed by atoms with Gasteiger partial charge in [0.15, 0.2) is 0 Å². The molecule has 0 saturated carbocycles. The van der Waals surface area contributed by atoms with Gasteiger partial charge in [-0.1, -0.05) is 84.4 Å². The molecule has 0 heterocycles. The molecule has 3 aromatic rings. The van der Waals surface area contributed by atoms with E-state index in [4.69, 9.17) is 11.6 Å². The molecule has 3 N–H and O–H groups in total. The molecule has 3 rings (SSSR count). The van der Waals surface area contributed by atoms with Crippen LogP contribution in [-0.4, -0.2) is 15.3 Å². The average molecular weight is 369 g/mol. The molecule has 3 atom stereocenters. The number of hydrogen-bond acceptors (Lipinski definition) is 3. The van der Waals surface area contributed by atoms with E-state index in [0.717, 1.165) is 0 Å². The molecule has 3 nitrogen and oxygen atoms in total. The van der Waals surface area contributed by atoms with Crippen LogP contribution in [0, 0.1) is 5.92 Å². The summed E-state index contributed by atoms with van der Waals surface area (Å²) in [5.41, 5.74) is 1.87. The van der Waals surface area contributed by atoms with Gasteiger partial charge in [0.1, 0.15) is 0 Å². The Morgan fingerprint density at radius 3 is 1.23 bits per heavy atom. The lowest BCUT2D eigenvalue weighted by atomic mass is 9.81. The number of halogens is 1. The first kappa shape index (κ1) is 18.6. The van der Waals surface area contributed by atoms with Crippen LogP contribution in [0.4, 0.5) is 0 Å². The van der Waals surface area contributed by atoms with Gasteiger partial charge in [-0.05, 0) is 28.8 Å². The van der Waals surface area contributed by atoms with Crippen LogP contribution in [0.5, 0.6) is 0 Å². The zero-order valence-electron chi connectivity index (χ0n) is 14.1. The minimum Gasteiger partial charge on any atom is -0.388 e. The SMILES string of the molecule is O[C@H](c1ccccc1)C([C@H](O)c1ccccc1)[C@H](O)c1ccc(Cl)cc1. The fourth-order valence-corrected chi connectivity index (χ4v) is 3.27. The van der Waals surface area contributed by atoms with Crippen molar-refractivity contribution in [1.82, 2.24) is 0 Å². The van der Waals surface area contributed by atoms with E-state index in [1.807, 2.05) is 36.4 Å². The molecule has 0 aromatic heterocycles.